The first-order valence-corrected chi connectivity index (χ1v) is 7.27. The summed E-state index contributed by atoms with van der Waals surface area (Å²) in [5.74, 6) is -1.40. The molecule has 1 aromatic heterocycles. The minimum Gasteiger partial charge on any atom is -0.480 e. The average molecular weight is 313 g/mol. The number of carboxylic acids is 1. The molecule has 0 spiro atoms. The molecule has 0 saturated carbocycles. The Kier molecular flexibility index (Phi) is 5.82. The van der Waals surface area contributed by atoms with Gasteiger partial charge in [-0.05, 0) is 30.2 Å². The van der Waals surface area contributed by atoms with E-state index >= 15 is 0 Å². The molecule has 0 bridgehead atoms. The monoisotopic (exact) mass is 313 g/mol. The number of carboxylic acid groups (broad SMARTS) is 1. The van der Waals surface area contributed by atoms with Crippen LogP contribution in [0.3, 0.4) is 0 Å². The first-order chi connectivity index (χ1) is 11.1. The number of aryl methyl sites for hydroxylation is 1. The average Bonchev–Trinajstić information content (AvgIpc) is 2.54. The van der Waals surface area contributed by atoms with E-state index in [4.69, 9.17) is 0 Å². The fourth-order valence-electron chi connectivity index (χ4n) is 2.09. The molecule has 0 aliphatic carbocycles. The quantitative estimate of drug-likeness (QED) is 0.727. The van der Waals surface area contributed by atoms with E-state index in [1.807, 2.05) is 31.2 Å². The van der Waals surface area contributed by atoms with E-state index in [9.17, 15) is 14.7 Å². The van der Waals surface area contributed by atoms with E-state index in [1.165, 1.54) is 0 Å². The number of nitrogens with zero attached hydrogens (tertiary/aromatic N) is 1. The van der Waals surface area contributed by atoms with Crippen molar-refractivity contribution in [2.45, 2.75) is 25.9 Å². The fourth-order valence-corrected chi connectivity index (χ4v) is 2.09. The second-order valence-electron chi connectivity index (χ2n) is 5.20. The Morgan fingerprint density at radius 3 is 2.65 bits per heavy atom. The molecule has 6 heteroatoms. The standard InChI is InChI=1S/C17H19N3O3/c1-12-5-2-3-7-14(12)20-16(21)9-15(17(22)23)19-11-13-6-4-8-18-10-13/h2-8,10,15,19H,9,11H2,1H3,(H,20,21)(H,22,23)/t15-/m0/s1. The van der Waals surface area contributed by atoms with Crippen molar-refractivity contribution in [3.8, 4) is 0 Å². The van der Waals surface area contributed by atoms with Crippen LogP contribution in [0.5, 0.6) is 0 Å². The molecule has 0 radical (unpaired) electrons. The Bertz CT molecular complexity index is 674. The van der Waals surface area contributed by atoms with Crippen LogP contribution in [-0.2, 0) is 16.1 Å². The van der Waals surface area contributed by atoms with E-state index in [1.54, 1.807) is 24.5 Å². The number of aliphatic carboxylic acids is 1. The van der Waals surface area contributed by atoms with Crippen molar-refractivity contribution in [3.05, 3.63) is 59.9 Å². The highest BCUT2D eigenvalue weighted by atomic mass is 16.4. The van der Waals surface area contributed by atoms with Crippen LogP contribution < -0.4 is 10.6 Å². The van der Waals surface area contributed by atoms with Crippen molar-refractivity contribution >= 4 is 17.6 Å². The zero-order valence-electron chi connectivity index (χ0n) is 12.8. The molecule has 3 N–H and O–H groups in total. The lowest BCUT2D eigenvalue weighted by molar-refractivity contribution is -0.141. The number of pyridine rings is 1. The van der Waals surface area contributed by atoms with Crippen LogP contribution in [0.25, 0.3) is 0 Å². The van der Waals surface area contributed by atoms with E-state index in [2.05, 4.69) is 15.6 Å². The summed E-state index contributed by atoms with van der Waals surface area (Å²) in [6.07, 6.45) is 3.15. The molecule has 23 heavy (non-hydrogen) atoms. The number of rotatable bonds is 7. The van der Waals surface area contributed by atoms with Crippen LogP contribution in [0.4, 0.5) is 5.69 Å². The Hall–Kier alpha value is -2.73. The number of carbonyl (C=O) groups excluding carboxylic acids is 1. The smallest absolute Gasteiger partial charge is 0.321 e. The molecular weight excluding hydrogens is 294 g/mol. The van der Waals surface area contributed by atoms with Gasteiger partial charge in [0, 0.05) is 24.6 Å². The molecule has 0 saturated heterocycles. The third kappa shape index (κ3) is 5.19. The van der Waals surface area contributed by atoms with Gasteiger partial charge in [0.2, 0.25) is 5.91 Å². The molecule has 2 aromatic rings. The second kappa shape index (κ2) is 8.05. The van der Waals surface area contributed by atoms with Gasteiger partial charge in [-0.2, -0.15) is 0 Å². The molecule has 6 nitrogen and oxygen atoms in total. The molecule has 120 valence electrons. The largest absolute Gasteiger partial charge is 0.480 e. The number of aromatic nitrogens is 1. The molecular formula is C17H19N3O3. The maximum atomic E-state index is 12.1. The van der Waals surface area contributed by atoms with Crippen LogP contribution in [-0.4, -0.2) is 28.0 Å². The van der Waals surface area contributed by atoms with Crippen molar-refractivity contribution in [1.82, 2.24) is 10.3 Å². The summed E-state index contributed by atoms with van der Waals surface area (Å²) in [6, 6.07) is 10.0. The van der Waals surface area contributed by atoms with Gasteiger partial charge < -0.3 is 10.4 Å². The van der Waals surface area contributed by atoms with Gasteiger partial charge in [0.05, 0.1) is 6.42 Å². The highest BCUT2D eigenvalue weighted by Crippen LogP contribution is 2.13. The van der Waals surface area contributed by atoms with Gasteiger partial charge >= 0.3 is 5.97 Å². The molecule has 1 atom stereocenters. The van der Waals surface area contributed by atoms with Gasteiger partial charge in [-0.15, -0.1) is 0 Å². The van der Waals surface area contributed by atoms with Gasteiger partial charge in [-0.1, -0.05) is 24.3 Å². The second-order valence-corrected chi connectivity index (χ2v) is 5.20. The summed E-state index contributed by atoms with van der Waals surface area (Å²) in [5.41, 5.74) is 2.48. The molecule has 0 unspecified atom stereocenters. The minimum absolute atomic E-state index is 0.149. The summed E-state index contributed by atoms with van der Waals surface area (Å²) in [4.78, 5) is 27.3. The normalized spacial score (nSPS) is 11.7. The fraction of sp³-hybridized carbons (Fsp3) is 0.235. The lowest BCUT2D eigenvalue weighted by Gasteiger charge is -2.15. The van der Waals surface area contributed by atoms with Crippen LogP contribution >= 0.6 is 0 Å². The Morgan fingerprint density at radius 2 is 2.00 bits per heavy atom. The first-order valence-electron chi connectivity index (χ1n) is 7.27. The molecule has 0 aliphatic heterocycles. The summed E-state index contributed by atoms with van der Waals surface area (Å²) in [7, 11) is 0. The van der Waals surface area contributed by atoms with Gasteiger partial charge in [-0.25, -0.2) is 0 Å². The number of anilines is 1. The zero-order chi connectivity index (χ0) is 16.7. The van der Waals surface area contributed by atoms with Crippen molar-refractivity contribution in [2.24, 2.45) is 0 Å². The number of carbonyl (C=O) groups is 2. The summed E-state index contributed by atoms with van der Waals surface area (Å²) in [5, 5.41) is 14.9. The summed E-state index contributed by atoms with van der Waals surface area (Å²) >= 11 is 0. The van der Waals surface area contributed by atoms with Crippen LogP contribution in [0, 0.1) is 6.92 Å². The van der Waals surface area contributed by atoms with Gasteiger partial charge in [-0.3, -0.25) is 19.9 Å². The Labute approximate surface area is 134 Å². The summed E-state index contributed by atoms with van der Waals surface area (Å²) < 4.78 is 0. The van der Waals surface area contributed by atoms with Crippen molar-refractivity contribution in [1.29, 1.82) is 0 Å². The Balaban J connectivity index is 1.92. The predicted molar refractivity (Wildman–Crippen MR) is 86.9 cm³/mol. The topological polar surface area (TPSA) is 91.3 Å². The van der Waals surface area contributed by atoms with E-state index < -0.39 is 12.0 Å². The van der Waals surface area contributed by atoms with Crippen LogP contribution in [0.2, 0.25) is 0 Å². The van der Waals surface area contributed by atoms with Gasteiger partial charge in [0.25, 0.3) is 0 Å². The Morgan fingerprint density at radius 1 is 1.22 bits per heavy atom. The molecule has 1 amide bonds. The van der Waals surface area contributed by atoms with Crippen LogP contribution in [0.15, 0.2) is 48.8 Å². The summed E-state index contributed by atoms with van der Waals surface area (Å²) in [6.45, 7) is 2.22. The third-order valence-corrected chi connectivity index (χ3v) is 3.38. The number of para-hydroxylation sites is 1. The minimum atomic E-state index is -1.06. The zero-order valence-corrected chi connectivity index (χ0v) is 12.8. The van der Waals surface area contributed by atoms with Gasteiger partial charge in [0.15, 0.2) is 0 Å². The van der Waals surface area contributed by atoms with Crippen LogP contribution in [0.1, 0.15) is 17.5 Å². The number of benzene rings is 1. The molecule has 2 rings (SSSR count). The lowest BCUT2D eigenvalue weighted by Crippen LogP contribution is -2.39. The first kappa shape index (κ1) is 16.6. The number of nitrogens with one attached hydrogen (secondary N) is 2. The van der Waals surface area contributed by atoms with Crippen molar-refractivity contribution < 1.29 is 14.7 Å². The maximum Gasteiger partial charge on any atom is 0.321 e. The SMILES string of the molecule is Cc1ccccc1NC(=O)C[C@H](NCc1cccnc1)C(=O)O. The number of amides is 1. The maximum absolute atomic E-state index is 12.1. The third-order valence-electron chi connectivity index (χ3n) is 3.38. The van der Waals surface area contributed by atoms with E-state index in [-0.39, 0.29) is 12.3 Å². The molecule has 1 heterocycles. The number of hydrogen-bond donors (Lipinski definition) is 3. The van der Waals surface area contributed by atoms with E-state index in [0.29, 0.717) is 12.2 Å². The predicted octanol–water partition coefficient (Wildman–Crippen LogP) is 1.96. The highest BCUT2D eigenvalue weighted by molar-refractivity contribution is 5.94. The molecule has 0 fully saturated rings. The van der Waals surface area contributed by atoms with E-state index in [0.717, 1.165) is 11.1 Å². The van der Waals surface area contributed by atoms with Crippen molar-refractivity contribution in [3.63, 3.8) is 0 Å². The number of hydrogen-bond acceptors (Lipinski definition) is 4. The molecule has 1 aromatic carbocycles. The molecule has 0 aliphatic rings. The van der Waals surface area contributed by atoms with Gasteiger partial charge in [0.1, 0.15) is 6.04 Å². The lowest BCUT2D eigenvalue weighted by atomic mass is 10.1. The highest BCUT2D eigenvalue weighted by Gasteiger charge is 2.21. The van der Waals surface area contributed by atoms with Crippen molar-refractivity contribution in [2.75, 3.05) is 5.32 Å².